The number of dihydropyridines is 1. The number of hydrogen-bond donors (Lipinski definition) is 4. The molecule has 0 bridgehead atoms. The van der Waals surface area contributed by atoms with E-state index in [0.717, 1.165) is 66.2 Å². The fourth-order valence-corrected chi connectivity index (χ4v) is 6.51. The lowest BCUT2D eigenvalue weighted by Crippen LogP contribution is -2.36. The molecule has 214 valence electrons. The van der Waals surface area contributed by atoms with Gasteiger partial charge in [-0.15, -0.1) is 0 Å². The van der Waals surface area contributed by atoms with Gasteiger partial charge < -0.3 is 20.8 Å². The molecule has 0 spiro atoms. The first-order valence-corrected chi connectivity index (χ1v) is 15.0. The highest BCUT2D eigenvalue weighted by atomic mass is 16.3. The Kier molecular flexibility index (Phi) is 7.15. The molecule has 0 amide bonds. The van der Waals surface area contributed by atoms with Crippen molar-refractivity contribution in [2.24, 2.45) is 0 Å². The van der Waals surface area contributed by atoms with Gasteiger partial charge in [-0.25, -0.2) is 4.98 Å². The molecule has 7 nitrogen and oxygen atoms in total. The van der Waals surface area contributed by atoms with Crippen molar-refractivity contribution >= 4 is 28.2 Å². The van der Waals surface area contributed by atoms with E-state index in [1.165, 1.54) is 17.5 Å². The molecule has 2 aliphatic heterocycles. The predicted octanol–water partition coefficient (Wildman–Crippen LogP) is 6.33. The van der Waals surface area contributed by atoms with E-state index in [1.54, 1.807) is 29.6 Å². The number of allylic oxidation sites excluding steroid dienone is 4. The monoisotopic (exact) mass is 559 g/mol. The van der Waals surface area contributed by atoms with Gasteiger partial charge in [0.05, 0.1) is 11.4 Å². The van der Waals surface area contributed by atoms with Crippen LogP contribution in [0, 0.1) is 0 Å². The fraction of sp³-hybridized carbons (Fsp3) is 0.286. The van der Waals surface area contributed by atoms with Gasteiger partial charge in [0.25, 0.3) is 0 Å². The van der Waals surface area contributed by atoms with Gasteiger partial charge in [-0.3, -0.25) is 9.30 Å². The maximum Gasteiger partial charge on any atom is 0.161 e. The second-order valence-electron chi connectivity index (χ2n) is 11.5. The molecule has 4 aromatic rings. The summed E-state index contributed by atoms with van der Waals surface area (Å²) in [7, 11) is 0. The summed E-state index contributed by atoms with van der Waals surface area (Å²) in [6, 6.07) is 21.0. The number of fused-ring (bicyclic) bond motifs is 1. The number of imidazole rings is 1. The number of pyridine rings is 1. The lowest BCUT2D eigenvalue weighted by Gasteiger charge is -2.36. The summed E-state index contributed by atoms with van der Waals surface area (Å²) in [6.07, 6.45) is 12.3. The van der Waals surface area contributed by atoms with Gasteiger partial charge in [0.1, 0.15) is 12.5 Å². The Morgan fingerprint density at radius 3 is 2.62 bits per heavy atom. The molecule has 7 heteroatoms. The number of piperidine rings is 1. The number of anilines is 2. The molecule has 1 aliphatic carbocycles. The zero-order chi connectivity index (χ0) is 28.6. The Hall–Kier alpha value is -4.17. The second kappa shape index (κ2) is 11.2. The van der Waals surface area contributed by atoms with Crippen LogP contribution in [0.2, 0.25) is 0 Å². The van der Waals surface area contributed by atoms with Gasteiger partial charge in [0, 0.05) is 36.7 Å². The van der Waals surface area contributed by atoms with Crippen molar-refractivity contribution in [3.63, 3.8) is 0 Å². The average molecular weight is 560 g/mol. The molecule has 42 heavy (non-hydrogen) atoms. The summed E-state index contributed by atoms with van der Waals surface area (Å²) in [5.74, 6) is 0.542. The van der Waals surface area contributed by atoms with Crippen LogP contribution in [0.4, 0.5) is 11.4 Å². The number of nitrogens with one attached hydrogen (secondary N) is 2. The molecule has 3 aliphatic rings. The lowest BCUT2D eigenvalue weighted by atomic mass is 9.85. The van der Waals surface area contributed by atoms with Crippen LogP contribution in [0.1, 0.15) is 67.1 Å². The minimum absolute atomic E-state index is 0.542. The third-order valence-corrected chi connectivity index (χ3v) is 8.92. The third-order valence-electron chi connectivity index (χ3n) is 8.92. The first-order chi connectivity index (χ1) is 20.6. The molecule has 2 unspecified atom stereocenters. The number of likely N-dealkylation sites (tertiary alicyclic amines) is 1. The summed E-state index contributed by atoms with van der Waals surface area (Å²) in [4.78, 5) is 6.77. The first-order valence-electron chi connectivity index (χ1n) is 15.0. The lowest BCUT2D eigenvalue weighted by molar-refractivity contribution is -0.0132. The molecule has 2 aromatic heterocycles. The highest BCUT2D eigenvalue weighted by molar-refractivity contribution is 5.84. The summed E-state index contributed by atoms with van der Waals surface area (Å²) in [5, 5.41) is 27.6. The molecule has 0 saturated carbocycles. The average Bonchev–Trinajstić information content (AvgIpc) is 3.66. The summed E-state index contributed by atoms with van der Waals surface area (Å²) in [5.41, 5.74) is 11.5. The number of nitrogens with zero attached hydrogens (tertiary/aromatic N) is 3. The molecule has 2 atom stereocenters. The van der Waals surface area contributed by atoms with Crippen LogP contribution < -0.4 is 10.6 Å². The predicted molar refractivity (Wildman–Crippen MR) is 168 cm³/mol. The van der Waals surface area contributed by atoms with Gasteiger partial charge >= 0.3 is 0 Å². The molecule has 1 fully saturated rings. The Bertz CT molecular complexity index is 1690. The van der Waals surface area contributed by atoms with Crippen molar-refractivity contribution in [1.82, 2.24) is 19.6 Å². The Morgan fingerprint density at radius 2 is 1.86 bits per heavy atom. The fourth-order valence-electron chi connectivity index (χ4n) is 6.51. The molecule has 7 rings (SSSR count). The Labute approximate surface area is 246 Å². The maximum absolute atomic E-state index is 11.2. The van der Waals surface area contributed by atoms with E-state index in [-0.39, 0.29) is 0 Å². The molecule has 2 aromatic carbocycles. The van der Waals surface area contributed by atoms with Crippen molar-refractivity contribution in [1.29, 1.82) is 0 Å². The Morgan fingerprint density at radius 1 is 1.05 bits per heavy atom. The highest BCUT2D eigenvalue weighted by Gasteiger charge is 2.30. The topological polar surface area (TPSA) is 85.1 Å². The van der Waals surface area contributed by atoms with Crippen LogP contribution in [-0.2, 0) is 0 Å². The van der Waals surface area contributed by atoms with Gasteiger partial charge in [-0.1, -0.05) is 48.9 Å². The zero-order valence-electron chi connectivity index (χ0n) is 23.9. The minimum Gasteiger partial charge on any atom is -0.374 e. The number of benzene rings is 2. The summed E-state index contributed by atoms with van der Waals surface area (Å²) >= 11 is 0. The standard InChI is InChI=1S/C35H37N5O2/c1-2-23-21-30(23)29-6-4-3-5-28(29)24-14-18-39(19-15-24)35(42)25-7-9-27(10-8-25)38-31-11-12-32(40-20-17-37-34(31)40)26-13-16-36-33(41)22-26/h3-13,16-17,20,22,24,33,35-36,38,41-42H,2,14-15,18-19,21H2,1H3. The quantitative estimate of drug-likeness (QED) is 0.202. The third kappa shape index (κ3) is 5.15. The SMILES string of the molecule is CCC1=C(c2ccccc2C2CCN(C(O)c3ccc(Nc4ccc(C5=CC(O)NC=C5)n5ccnc45)cc3)CC2)C1. The van der Waals surface area contributed by atoms with E-state index in [2.05, 4.69) is 51.7 Å². The van der Waals surface area contributed by atoms with E-state index in [9.17, 15) is 10.2 Å². The van der Waals surface area contributed by atoms with E-state index in [1.807, 2.05) is 53.1 Å². The number of hydrogen-bond acceptors (Lipinski definition) is 6. The van der Waals surface area contributed by atoms with Crippen LogP contribution in [0.25, 0.3) is 16.8 Å². The van der Waals surface area contributed by atoms with Crippen molar-refractivity contribution in [3.05, 3.63) is 119 Å². The molecule has 4 heterocycles. The van der Waals surface area contributed by atoms with Crippen LogP contribution in [0.5, 0.6) is 0 Å². The zero-order valence-corrected chi connectivity index (χ0v) is 23.9. The number of aliphatic hydroxyl groups is 2. The molecule has 0 radical (unpaired) electrons. The first kappa shape index (κ1) is 26.7. The van der Waals surface area contributed by atoms with E-state index in [0.29, 0.717) is 5.92 Å². The van der Waals surface area contributed by atoms with E-state index in [4.69, 9.17) is 0 Å². The van der Waals surface area contributed by atoms with Crippen molar-refractivity contribution in [2.75, 3.05) is 18.4 Å². The van der Waals surface area contributed by atoms with Crippen molar-refractivity contribution in [2.45, 2.75) is 51.0 Å². The number of aliphatic hydroxyl groups excluding tert-OH is 2. The number of aromatic nitrogens is 2. The van der Waals surface area contributed by atoms with Crippen LogP contribution in [0.3, 0.4) is 0 Å². The normalized spacial score (nSPS) is 20.0. The highest BCUT2D eigenvalue weighted by Crippen LogP contribution is 2.46. The van der Waals surface area contributed by atoms with Crippen molar-refractivity contribution < 1.29 is 10.2 Å². The van der Waals surface area contributed by atoms with E-state index >= 15 is 0 Å². The molecular formula is C35H37N5O2. The van der Waals surface area contributed by atoms with Crippen LogP contribution in [-0.4, -0.2) is 43.8 Å². The van der Waals surface area contributed by atoms with Crippen LogP contribution >= 0.6 is 0 Å². The Balaban J connectivity index is 1.01. The summed E-state index contributed by atoms with van der Waals surface area (Å²) < 4.78 is 2.01. The van der Waals surface area contributed by atoms with Crippen LogP contribution in [0.15, 0.2) is 97.0 Å². The smallest absolute Gasteiger partial charge is 0.161 e. The summed E-state index contributed by atoms with van der Waals surface area (Å²) in [6.45, 7) is 4.01. The largest absolute Gasteiger partial charge is 0.374 e. The van der Waals surface area contributed by atoms with Crippen molar-refractivity contribution in [3.8, 4) is 0 Å². The number of rotatable bonds is 8. The van der Waals surface area contributed by atoms with Gasteiger partial charge in [0.2, 0.25) is 0 Å². The second-order valence-corrected chi connectivity index (χ2v) is 11.5. The van der Waals surface area contributed by atoms with Gasteiger partial charge in [-0.05, 0) is 96.5 Å². The van der Waals surface area contributed by atoms with E-state index < -0.39 is 12.5 Å². The molecular weight excluding hydrogens is 522 g/mol. The van der Waals surface area contributed by atoms with Gasteiger partial charge in [0.15, 0.2) is 5.65 Å². The maximum atomic E-state index is 11.2. The minimum atomic E-state index is -0.711. The molecule has 1 saturated heterocycles. The molecule has 4 N–H and O–H groups in total. The van der Waals surface area contributed by atoms with Gasteiger partial charge in [-0.2, -0.15) is 0 Å².